The standard InChI is InChI=1S/C16H28N4O2/c1-4-19(5-6-21)7-14-8-20(9-15(14)10-22)16-12(2)13(3)17-11-18-16/h11,14-15,21-22H,4-10H2,1-3H3/t14-,15-/m1/s1. The van der Waals surface area contributed by atoms with E-state index in [2.05, 4.69) is 33.6 Å². The number of aromatic nitrogens is 2. The van der Waals surface area contributed by atoms with Crippen LogP contribution >= 0.6 is 0 Å². The minimum atomic E-state index is 0.179. The van der Waals surface area contributed by atoms with Gasteiger partial charge in [0.15, 0.2) is 0 Å². The largest absolute Gasteiger partial charge is 0.396 e. The highest BCUT2D eigenvalue weighted by Crippen LogP contribution is 2.29. The maximum absolute atomic E-state index is 9.71. The van der Waals surface area contributed by atoms with Crippen LogP contribution in [0.4, 0.5) is 5.82 Å². The van der Waals surface area contributed by atoms with Crippen molar-refractivity contribution >= 4 is 5.82 Å². The van der Waals surface area contributed by atoms with Crippen molar-refractivity contribution < 1.29 is 10.2 Å². The molecular formula is C16H28N4O2. The van der Waals surface area contributed by atoms with Gasteiger partial charge >= 0.3 is 0 Å². The van der Waals surface area contributed by atoms with E-state index in [-0.39, 0.29) is 19.1 Å². The number of aliphatic hydroxyl groups is 2. The van der Waals surface area contributed by atoms with Gasteiger partial charge in [0, 0.05) is 50.0 Å². The lowest BCUT2D eigenvalue weighted by Crippen LogP contribution is -2.35. The highest BCUT2D eigenvalue weighted by molar-refractivity contribution is 5.48. The SMILES string of the molecule is CCN(CCO)C[C@@H]1CN(c2ncnc(C)c2C)C[C@@H]1CO. The van der Waals surface area contributed by atoms with Crippen LogP contribution in [0.2, 0.25) is 0 Å². The molecule has 1 aromatic rings. The first-order chi connectivity index (χ1) is 10.6. The molecule has 6 heteroatoms. The number of aryl methyl sites for hydroxylation is 1. The summed E-state index contributed by atoms with van der Waals surface area (Å²) in [4.78, 5) is 13.2. The van der Waals surface area contributed by atoms with Gasteiger partial charge in [-0.15, -0.1) is 0 Å². The lowest BCUT2D eigenvalue weighted by atomic mass is 9.96. The molecular weight excluding hydrogens is 280 g/mol. The summed E-state index contributed by atoms with van der Waals surface area (Å²) < 4.78 is 0. The highest BCUT2D eigenvalue weighted by atomic mass is 16.3. The normalized spacial score (nSPS) is 21.8. The maximum Gasteiger partial charge on any atom is 0.135 e. The number of hydrogen-bond donors (Lipinski definition) is 2. The fourth-order valence-corrected chi connectivity index (χ4v) is 3.22. The molecule has 6 nitrogen and oxygen atoms in total. The van der Waals surface area contributed by atoms with Crippen molar-refractivity contribution in [3.63, 3.8) is 0 Å². The molecule has 124 valence electrons. The predicted molar refractivity (Wildman–Crippen MR) is 87.0 cm³/mol. The summed E-state index contributed by atoms with van der Waals surface area (Å²) in [5.74, 6) is 1.63. The Morgan fingerprint density at radius 3 is 2.59 bits per heavy atom. The van der Waals surface area contributed by atoms with Gasteiger partial charge in [-0.05, 0) is 26.3 Å². The zero-order chi connectivity index (χ0) is 16.1. The van der Waals surface area contributed by atoms with E-state index in [4.69, 9.17) is 5.11 Å². The predicted octanol–water partition coefficient (Wildman–Crippen LogP) is 0.452. The van der Waals surface area contributed by atoms with E-state index in [1.165, 1.54) is 0 Å². The monoisotopic (exact) mass is 308 g/mol. The molecule has 0 spiro atoms. The summed E-state index contributed by atoms with van der Waals surface area (Å²) in [6, 6.07) is 0. The first-order valence-electron chi connectivity index (χ1n) is 8.07. The summed E-state index contributed by atoms with van der Waals surface area (Å²) in [5, 5.41) is 18.9. The van der Waals surface area contributed by atoms with Crippen molar-refractivity contribution in [3.8, 4) is 0 Å². The van der Waals surface area contributed by atoms with Crippen LogP contribution in [0.3, 0.4) is 0 Å². The molecule has 1 aliphatic rings. The summed E-state index contributed by atoms with van der Waals surface area (Å²) in [5.41, 5.74) is 2.12. The Morgan fingerprint density at radius 1 is 1.23 bits per heavy atom. The minimum Gasteiger partial charge on any atom is -0.396 e. The fourth-order valence-electron chi connectivity index (χ4n) is 3.22. The zero-order valence-electron chi connectivity index (χ0n) is 13.9. The van der Waals surface area contributed by atoms with Crippen molar-refractivity contribution in [1.82, 2.24) is 14.9 Å². The Kier molecular flexibility index (Phi) is 6.11. The van der Waals surface area contributed by atoms with Gasteiger partial charge in [0.25, 0.3) is 0 Å². The molecule has 2 N–H and O–H groups in total. The molecule has 0 aromatic carbocycles. The molecule has 1 aliphatic heterocycles. The average Bonchev–Trinajstić information content (AvgIpc) is 2.92. The molecule has 22 heavy (non-hydrogen) atoms. The lowest BCUT2D eigenvalue weighted by molar-refractivity contribution is 0.147. The van der Waals surface area contributed by atoms with Gasteiger partial charge in [0.1, 0.15) is 12.1 Å². The van der Waals surface area contributed by atoms with Crippen LogP contribution in [0.1, 0.15) is 18.2 Å². The van der Waals surface area contributed by atoms with Crippen molar-refractivity contribution in [2.75, 3.05) is 50.8 Å². The molecule has 0 unspecified atom stereocenters. The van der Waals surface area contributed by atoms with Gasteiger partial charge < -0.3 is 20.0 Å². The molecule has 0 aliphatic carbocycles. The summed E-state index contributed by atoms with van der Waals surface area (Å²) in [7, 11) is 0. The Morgan fingerprint density at radius 2 is 1.95 bits per heavy atom. The van der Waals surface area contributed by atoms with E-state index in [0.717, 1.165) is 43.3 Å². The van der Waals surface area contributed by atoms with E-state index in [0.29, 0.717) is 12.5 Å². The Hall–Kier alpha value is -1.24. The summed E-state index contributed by atoms with van der Waals surface area (Å²) >= 11 is 0. The van der Waals surface area contributed by atoms with Crippen LogP contribution in [-0.2, 0) is 0 Å². The number of rotatable bonds is 7. The third kappa shape index (κ3) is 3.74. The van der Waals surface area contributed by atoms with Gasteiger partial charge in [0.2, 0.25) is 0 Å². The first kappa shape index (κ1) is 17.1. The van der Waals surface area contributed by atoms with Crippen molar-refractivity contribution in [1.29, 1.82) is 0 Å². The van der Waals surface area contributed by atoms with Crippen LogP contribution in [0.15, 0.2) is 6.33 Å². The highest BCUT2D eigenvalue weighted by Gasteiger charge is 2.34. The van der Waals surface area contributed by atoms with Crippen LogP contribution in [0.25, 0.3) is 0 Å². The van der Waals surface area contributed by atoms with E-state index in [1.807, 2.05) is 6.92 Å². The van der Waals surface area contributed by atoms with Crippen molar-refractivity contribution in [3.05, 3.63) is 17.6 Å². The lowest BCUT2D eigenvalue weighted by Gasteiger charge is -2.25. The number of anilines is 1. The van der Waals surface area contributed by atoms with Crippen molar-refractivity contribution in [2.45, 2.75) is 20.8 Å². The van der Waals surface area contributed by atoms with Crippen LogP contribution in [0, 0.1) is 25.7 Å². The zero-order valence-corrected chi connectivity index (χ0v) is 13.9. The Labute approximate surface area is 132 Å². The topological polar surface area (TPSA) is 72.7 Å². The van der Waals surface area contributed by atoms with Gasteiger partial charge in [-0.25, -0.2) is 9.97 Å². The van der Waals surface area contributed by atoms with Crippen molar-refractivity contribution in [2.24, 2.45) is 11.8 Å². The second kappa shape index (κ2) is 7.85. The quantitative estimate of drug-likeness (QED) is 0.762. The first-order valence-corrected chi connectivity index (χ1v) is 8.07. The number of hydrogen-bond acceptors (Lipinski definition) is 6. The number of likely N-dealkylation sites (N-methyl/N-ethyl adjacent to an activating group) is 1. The van der Waals surface area contributed by atoms with E-state index in [9.17, 15) is 5.11 Å². The summed E-state index contributed by atoms with van der Waals surface area (Å²) in [6.45, 7) is 10.8. The summed E-state index contributed by atoms with van der Waals surface area (Å²) in [6.07, 6.45) is 1.61. The van der Waals surface area contributed by atoms with Gasteiger partial charge in [-0.2, -0.15) is 0 Å². The second-order valence-corrected chi connectivity index (χ2v) is 6.13. The molecule has 2 atom stereocenters. The van der Waals surface area contributed by atoms with Gasteiger partial charge in [-0.3, -0.25) is 0 Å². The molecule has 0 amide bonds. The van der Waals surface area contributed by atoms with Crippen LogP contribution in [0.5, 0.6) is 0 Å². The maximum atomic E-state index is 9.71. The molecule has 2 heterocycles. The van der Waals surface area contributed by atoms with Crippen LogP contribution in [-0.4, -0.2) is 71.0 Å². The average molecular weight is 308 g/mol. The van der Waals surface area contributed by atoms with Crippen LogP contribution < -0.4 is 4.90 Å². The van der Waals surface area contributed by atoms with E-state index < -0.39 is 0 Å². The third-order valence-electron chi connectivity index (χ3n) is 4.78. The molecule has 2 rings (SSSR count). The molecule has 0 bridgehead atoms. The molecule has 1 aromatic heterocycles. The second-order valence-electron chi connectivity index (χ2n) is 6.13. The Bertz CT molecular complexity index is 483. The molecule has 0 radical (unpaired) electrons. The number of aliphatic hydroxyl groups excluding tert-OH is 2. The molecule has 1 fully saturated rings. The smallest absolute Gasteiger partial charge is 0.135 e. The molecule has 0 saturated carbocycles. The fraction of sp³-hybridized carbons (Fsp3) is 0.750. The minimum absolute atomic E-state index is 0.179. The van der Waals surface area contributed by atoms with E-state index in [1.54, 1.807) is 6.33 Å². The molecule has 1 saturated heterocycles. The Balaban J connectivity index is 2.10. The number of nitrogens with zero attached hydrogens (tertiary/aromatic N) is 4. The van der Waals surface area contributed by atoms with E-state index >= 15 is 0 Å². The van der Waals surface area contributed by atoms with Gasteiger partial charge in [-0.1, -0.05) is 6.92 Å². The van der Waals surface area contributed by atoms with Gasteiger partial charge in [0.05, 0.1) is 6.61 Å². The third-order valence-corrected chi connectivity index (χ3v) is 4.78.